The zero-order chi connectivity index (χ0) is 22.9. The molecule has 3 aromatic carbocycles. The lowest BCUT2D eigenvalue weighted by Crippen LogP contribution is -2.15. The third kappa shape index (κ3) is 4.17. The molecule has 0 fully saturated rings. The van der Waals surface area contributed by atoms with Gasteiger partial charge in [-0.1, -0.05) is 54.1 Å². The zero-order valence-corrected chi connectivity index (χ0v) is 18.8. The van der Waals surface area contributed by atoms with E-state index in [9.17, 15) is 9.90 Å². The van der Waals surface area contributed by atoms with E-state index in [0.717, 1.165) is 22.4 Å². The molecule has 6 heteroatoms. The van der Waals surface area contributed by atoms with Crippen LogP contribution in [0, 0.1) is 0 Å². The Labute approximate surface area is 191 Å². The molecule has 32 heavy (non-hydrogen) atoms. The number of aliphatic hydroxyl groups is 1. The molecular weight excluding hydrogens is 424 g/mol. The molecule has 0 saturated heterocycles. The molecule has 0 amide bonds. The van der Waals surface area contributed by atoms with Crippen LogP contribution in [0.25, 0.3) is 28.2 Å². The van der Waals surface area contributed by atoms with Gasteiger partial charge in [-0.15, -0.1) is 0 Å². The summed E-state index contributed by atoms with van der Waals surface area (Å²) in [5.74, 6) is 0.220. The maximum absolute atomic E-state index is 12.1. The van der Waals surface area contributed by atoms with Gasteiger partial charge in [-0.2, -0.15) is 0 Å². The highest BCUT2D eigenvalue weighted by Gasteiger charge is 2.24. The summed E-state index contributed by atoms with van der Waals surface area (Å²) in [6.45, 7) is 3.39. The SMILES string of the molecule is COC(=O)c1cccc(-c2ccccc2-n2cc(C(C)(C)O)nc2-c2ccccc2Cl)c1. The third-order valence-corrected chi connectivity index (χ3v) is 5.54. The smallest absolute Gasteiger partial charge is 0.337 e. The van der Waals surface area contributed by atoms with Crippen LogP contribution in [-0.4, -0.2) is 27.7 Å². The minimum absolute atomic E-state index is 0.395. The first kappa shape index (κ1) is 21.8. The van der Waals surface area contributed by atoms with Crippen molar-refractivity contribution in [2.45, 2.75) is 19.4 Å². The van der Waals surface area contributed by atoms with Gasteiger partial charge >= 0.3 is 5.97 Å². The van der Waals surface area contributed by atoms with Crippen LogP contribution >= 0.6 is 11.6 Å². The van der Waals surface area contributed by atoms with Gasteiger partial charge in [0, 0.05) is 17.3 Å². The number of carbonyl (C=O) groups is 1. The van der Waals surface area contributed by atoms with Gasteiger partial charge in [-0.25, -0.2) is 9.78 Å². The van der Waals surface area contributed by atoms with E-state index >= 15 is 0 Å². The zero-order valence-electron chi connectivity index (χ0n) is 18.0. The van der Waals surface area contributed by atoms with E-state index in [1.165, 1.54) is 7.11 Å². The highest BCUT2D eigenvalue weighted by molar-refractivity contribution is 6.33. The molecule has 4 aromatic rings. The third-order valence-electron chi connectivity index (χ3n) is 5.21. The molecule has 1 heterocycles. The summed E-state index contributed by atoms with van der Waals surface area (Å²) in [5.41, 5.74) is 3.19. The maximum Gasteiger partial charge on any atom is 0.337 e. The number of methoxy groups -OCH3 is 1. The number of benzene rings is 3. The second kappa shape index (κ2) is 8.61. The standard InChI is InChI=1S/C26H23ClN2O3/c1-26(2,31)23-16-29(24(28-23)20-12-4-6-13-21(20)27)22-14-7-5-11-19(22)17-9-8-10-18(15-17)25(30)32-3/h4-16,31H,1-3H3. The molecule has 0 unspecified atom stereocenters. The molecule has 1 aromatic heterocycles. The number of nitrogens with zero attached hydrogens (tertiary/aromatic N) is 2. The summed E-state index contributed by atoms with van der Waals surface area (Å²) in [5, 5.41) is 11.2. The van der Waals surface area contributed by atoms with E-state index in [1.807, 2.05) is 71.4 Å². The van der Waals surface area contributed by atoms with Crippen LogP contribution < -0.4 is 0 Å². The molecule has 0 saturated carbocycles. The Hall–Kier alpha value is -3.41. The number of hydrogen-bond donors (Lipinski definition) is 1. The lowest BCUT2D eigenvalue weighted by Gasteiger charge is -2.15. The first-order chi connectivity index (χ1) is 15.3. The molecule has 0 aliphatic carbocycles. The van der Waals surface area contributed by atoms with Crippen LogP contribution in [0.2, 0.25) is 5.02 Å². The van der Waals surface area contributed by atoms with Gasteiger partial charge in [0.1, 0.15) is 11.4 Å². The van der Waals surface area contributed by atoms with Crippen molar-refractivity contribution in [2.24, 2.45) is 0 Å². The van der Waals surface area contributed by atoms with Gasteiger partial charge in [-0.05, 0) is 49.7 Å². The van der Waals surface area contributed by atoms with E-state index in [-0.39, 0.29) is 0 Å². The summed E-state index contributed by atoms with van der Waals surface area (Å²) in [6.07, 6.45) is 1.82. The number of imidazole rings is 1. The second-order valence-corrected chi connectivity index (χ2v) is 8.36. The summed E-state index contributed by atoms with van der Waals surface area (Å²) in [6, 6.07) is 22.6. The fraction of sp³-hybridized carbons (Fsp3) is 0.154. The number of esters is 1. The van der Waals surface area contributed by atoms with Crippen molar-refractivity contribution in [2.75, 3.05) is 7.11 Å². The molecule has 0 aliphatic rings. The second-order valence-electron chi connectivity index (χ2n) is 7.95. The average Bonchev–Trinajstić information content (AvgIpc) is 3.24. The Morgan fingerprint density at radius 3 is 2.38 bits per heavy atom. The van der Waals surface area contributed by atoms with E-state index < -0.39 is 11.6 Å². The summed E-state index contributed by atoms with van der Waals surface area (Å²) in [7, 11) is 1.36. The highest BCUT2D eigenvalue weighted by atomic mass is 35.5. The Balaban J connectivity index is 1.96. The molecule has 4 rings (SSSR count). The van der Waals surface area contributed by atoms with Crippen molar-refractivity contribution in [1.82, 2.24) is 9.55 Å². The van der Waals surface area contributed by atoms with Crippen LogP contribution in [0.1, 0.15) is 29.9 Å². The maximum atomic E-state index is 12.1. The minimum Gasteiger partial charge on any atom is -0.465 e. The van der Waals surface area contributed by atoms with Crippen molar-refractivity contribution < 1.29 is 14.6 Å². The van der Waals surface area contributed by atoms with E-state index in [1.54, 1.807) is 26.0 Å². The Morgan fingerprint density at radius 1 is 1.00 bits per heavy atom. The largest absolute Gasteiger partial charge is 0.465 e. The molecule has 0 spiro atoms. The van der Waals surface area contributed by atoms with Crippen molar-refractivity contribution in [1.29, 1.82) is 0 Å². The molecule has 0 radical (unpaired) electrons. The van der Waals surface area contributed by atoms with E-state index in [0.29, 0.717) is 22.1 Å². The molecule has 1 N–H and O–H groups in total. The Kier molecular flexibility index (Phi) is 5.87. The number of carbonyl (C=O) groups excluding carboxylic acids is 1. The van der Waals surface area contributed by atoms with Crippen molar-refractivity contribution in [3.8, 4) is 28.2 Å². The molecule has 0 aliphatic heterocycles. The Morgan fingerprint density at radius 2 is 1.69 bits per heavy atom. The fourth-order valence-corrected chi connectivity index (χ4v) is 3.77. The first-order valence-electron chi connectivity index (χ1n) is 10.1. The van der Waals surface area contributed by atoms with Crippen LogP contribution in [0.15, 0.2) is 79.0 Å². The average molecular weight is 447 g/mol. The van der Waals surface area contributed by atoms with Gasteiger partial charge in [0.25, 0.3) is 0 Å². The van der Waals surface area contributed by atoms with Crippen LogP contribution in [-0.2, 0) is 10.3 Å². The van der Waals surface area contributed by atoms with Crippen molar-refractivity contribution in [3.05, 3.63) is 95.3 Å². The molecule has 0 bridgehead atoms. The number of hydrogen-bond acceptors (Lipinski definition) is 4. The normalized spacial score (nSPS) is 11.4. The quantitative estimate of drug-likeness (QED) is 0.389. The minimum atomic E-state index is -1.14. The predicted octanol–water partition coefficient (Wildman–Crippen LogP) is 5.87. The number of halogens is 1. The summed E-state index contributed by atoms with van der Waals surface area (Å²) < 4.78 is 6.80. The molecule has 0 atom stereocenters. The van der Waals surface area contributed by atoms with Gasteiger partial charge in [0.2, 0.25) is 0 Å². The number of aromatic nitrogens is 2. The number of rotatable bonds is 5. The summed E-state index contributed by atoms with van der Waals surface area (Å²) >= 11 is 6.50. The van der Waals surface area contributed by atoms with Gasteiger partial charge in [-0.3, -0.25) is 4.57 Å². The first-order valence-corrected chi connectivity index (χ1v) is 10.5. The number of para-hydroxylation sites is 1. The van der Waals surface area contributed by atoms with Crippen LogP contribution in [0.5, 0.6) is 0 Å². The van der Waals surface area contributed by atoms with Crippen molar-refractivity contribution >= 4 is 17.6 Å². The molecule has 5 nitrogen and oxygen atoms in total. The van der Waals surface area contributed by atoms with E-state index in [4.69, 9.17) is 21.3 Å². The fourth-order valence-electron chi connectivity index (χ4n) is 3.55. The van der Waals surface area contributed by atoms with Crippen molar-refractivity contribution in [3.63, 3.8) is 0 Å². The summed E-state index contributed by atoms with van der Waals surface area (Å²) in [4.78, 5) is 16.8. The highest BCUT2D eigenvalue weighted by Crippen LogP contribution is 2.35. The topological polar surface area (TPSA) is 64.3 Å². The number of ether oxygens (including phenoxy) is 1. The lowest BCUT2D eigenvalue weighted by molar-refractivity contribution is 0.0600. The van der Waals surface area contributed by atoms with E-state index in [2.05, 4.69) is 0 Å². The molecular formula is C26H23ClN2O3. The predicted molar refractivity (Wildman–Crippen MR) is 126 cm³/mol. The van der Waals surface area contributed by atoms with Crippen LogP contribution in [0.3, 0.4) is 0 Å². The Bertz CT molecular complexity index is 1290. The van der Waals surface area contributed by atoms with Gasteiger partial charge in [0.05, 0.1) is 29.1 Å². The monoisotopic (exact) mass is 446 g/mol. The van der Waals surface area contributed by atoms with Gasteiger partial charge < -0.3 is 9.84 Å². The van der Waals surface area contributed by atoms with Gasteiger partial charge in [0.15, 0.2) is 0 Å². The molecule has 162 valence electrons. The lowest BCUT2D eigenvalue weighted by atomic mass is 10.0. The van der Waals surface area contributed by atoms with Crippen LogP contribution in [0.4, 0.5) is 0 Å².